The number of nitrogens with zero attached hydrogens (tertiary/aromatic N) is 5. The van der Waals surface area contributed by atoms with Gasteiger partial charge in [0.25, 0.3) is 0 Å². The lowest BCUT2D eigenvalue weighted by Gasteiger charge is -2.45. The molecule has 1 aromatic carbocycles. The maximum atomic E-state index is 14.4. The van der Waals surface area contributed by atoms with E-state index in [9.17, 15) is 14.0 Å². The molecule has 0 aliphatic carbocycles. The number of piperidine rings is 1. The molecule has 39 heavy (non-hydrogen) atoms. The summed E-state index contributed by atoms with van der Waals surface area (Å²) in [7, 11) is 0. The first-order valence-corrected chi connectivity index (χ1v) is 13.6. The first-order valence-electron chi connectivity index (χ1n) is 13.6. The summed E-state index contributed by atoms with van der Waals surface area (Å²) in [6.45, 7) is 6.68. The Labute approximate surface area is 227 Å². The van der Waals surface area contributed by atoms with Gasteiger partial charge in [0.1, 0.15) is 11.6 Å². The fourth-order valence-corrected chi connectivity index (χ4v) is 5.98. The zero-order valence-corrected chi connectivity index (χ0v) is 22.3. The summed E-state index contributed by atoms with van der Waals surface area (Å²) in [5.74, 6) is 0.399. The number of carbonyl (C=O) groups is 2. The number of halogens is 1. The van der Waals surface area contributed by atoms with Crippen LogP contribution in [0.2, 0.25) is 0 Å². The SMILES string of the molecule is CCc1nc(N2CC3(CCN(C(=O)C4COC4)CC3)N(Cc3cccc(F)c3C)C2=O)ccc1-c1cn[nH]c1. The van der Waals surface area contributed by atoms with E-state index < -0.39 is 5.54 Å². The first-order chi connectivity index (χ1) is 18.9. The van der Waals surface area contributed by atoms with Gasteiger partial charge in [-0.25, -0.2) is 14.2 Å². The van der Waals surface area contributed by atoms with Crippen LogP contribution in [0.1, 0.15) is 36.6 Å². The molecule has 6 rings (SSSR count). The van der Waals surface area contributed by atoms with Crippen LogP contribution in [0.3, 0.4) is 0 Å². The minimum absolute atomic E-state index is 0.0581. The molecule has 10 heteroatoms. The number of hydrogen-bond donors (Lipinski definition) is 1. The Bertz CT molecular complexity index is 1380. The molecule has 2 aromatic heterocycles. The van der Waals surface area contributed by atoms with Crippen molar-refractivity contribution >= 4 is 17.8 Å². The van der Waals surface area contributed by atoms with Gasteiger partial charge in [-0.05, 0) is 55.5 Å². The molecule has 1 N–H and O–H groups in total. The molecule has 5 heterocycles. The molecule has 0 bridgehead atoms. The number of H-pyrrole nitrogens is 1. The van der Waals surface area contributed by atoms with Gasteiger partial charge in [-0.3, -0.25) is 14.8 Å². The van der Waals surface area contributed by atoms with Crippen LogP contribution in [0, 0.1) is 18.7 Å². The first kappa shape index (κ1) is 25.5. The minimum atomic E-state index is -0.486. The summed E-state index contributed by atoms with van der Waals surface area (Å²) in [5.41, 5.74) is 3.67. The molecule has 3 aliphatic rings. The van der Waals surface area contributed by atoms with Crippen molar-refractivity contribution in [2.45, 2.75) is 45.2 Å². The number of urea groups is 1. The quantitative estimate of drug-likeness (QED) is 0.519. The van der Waals surface area contributed by atoms with E-state index in [2.05, 4.69) is 10.2 Å². The normalized spacial score (nSPS) is 19.2. The molecule has 3 fully saturated rings. The summed E-state index contributed by atoms with van der Waals surface area (Å²) in [6.07, 6.45) is 5.60. The number of carbonyl (C=O) groups excluding carboxylic acids is 2. The predicted octanol–water partition coefficient (Wildman–Crippen LogP) is 3.93. The number of likely N-dealkylation sites (tertiary alicyclic amines) is 1. The lowest BCUT2D eigenvalue weighted by Crippen LogP contribution is -2.57. The zero-order valence-electron chi connectivity index (χ0n) is 22.3. The molecule has 9 nitrogen and oxygen atoms in total. The highest BCUT2D eigenvalue weighted by Crippen LogP contribution is 2.40. The van der Waals surface area contributed by atoms with Crippen LogP contribution >= 0.6 is 0 Å². The van der Waals surface area contributed by atoms with Crippen molar-refractivity contribution in [3.05, 3.63) is 65.4 Å². The number of hydrogen-bond acceptors (Lipinski definition) is 5. The lowest BCUT2D eigenvalue weighted by atomic mass is 9.85. The third-order valence-electron chi connectivity index (χ3n) is 8.57. The van der Waals surface area contributed by atoms with Crippen LogP contribution in [0.5, 0.6) is 0 Å². The fourth-order valence-electron chi connectivity index (χ4n) is 5.98. The van der Waals surface area contributed by atoms with Crippen LogP contribution in [-0.2, 0) is 22.5 Å². The van der Waals surface area contributed by atoms with Crippen LogP contribution < -0.4 is 4.90 Å². The number of aromatic nitrogens is 3. The number of rotatable bonds is 6. The van der Waals surface area contributed by atoms with Gasteiger partial charge in [-0.2, -0.15) is 5.10 Å². The summed E-state index contributed by atoms with van der Waals surface area (Å²) in [5, 5.41) is 6.91. The number of pyridine rings is 1. The van der Waals surface area contributed by atoms with Gasteiger partial charge in [0.2, 0.25) is 5.91 Å². The topological polar surface area (TPSA) is 94.7 Å². The smallest absolute Gasteiger partial charge is 0.326 e. The summed E-state index contributed by atoms with van der Waals surface area (Å²) < 4.78 is 19.7. The van der Waals surface area contributed by atoms with Gasteiger partial charge in [-0.15, -0.1) is 0 Å². The molecule has 3 amide bonds. The Morgan fingerprint density at radius 2 is 2.00 bits per heavy atom. The number of anilines is 1. The molecule has 0 radical (unpaired) electrons. The van der Waals surface area contributed by atoms with Crippen molar-refractivity contribution in [2.75, 3.05) is 37.7 Å². The van der Waals surface area contributed by atoms with E-state index in [0.717, 1.165) is 22.4 Å². The van der Waals surface area contributed by atoms with Crippen molar-refractivity contribution in [3.8, 4) is 11.1 Å². The fraction of sp³-hybridized carbons (Fsp3) is 0.448. The van der Waals surface area contributed by atoms with Crippen LogP contribution in [-0.4, -0.2) is 75.3 Å². The second kappa shape index (κ2) is 10.1. The largest absolute Gasteiger partial charge is 0.380 e. The van der Waals surface area contributed by atoms with Crippen molar-refractivity contribution in [2.24, 2.45) is 5.92 Å². The Hall–Kier alpha value is -3.79. The minimum Gasteiger partial charge on any atom is -0.380 e. The summed E-state index contributed by atoms with van der Waals surface area (Å²) in [6, 6.07) is 8.75. The van der Waals surface area contributed by atoms with Crippen LogP contribution in [0.15, 0.2) is 42.7 Å². The van der Waals surface area contributed by atoms with Gasteiger partial charge >= 0.3 is 6.03 Å². The second-order valence-electron chi connectivity index (χ2n) is 10.8. The second-order valence-corrected chi connectivity index (χ2v) is 10.8. The molecule has 3 aliphatic heterocycles. The molecule has 3 aromatic rings. The Balaban J connectivity index is 1.31. The van der Waals surface area contributed by atoms with Crippen LogP contribution in [0.4, 0.5) is 15.0 Å². The highest BCUT2D eigenvalue weighted by molar-refractivity contribution is 5.95. The van der Waals surface area contributed by atoms with E-state index in [-0.39, 0.29) is 23.7 Å². The van der Waals surface area contributed by atoms with Crippen molar-refractivity contribution in [1.29, 1.82) is 0 Å². The molecule has 3 saturated heterocycles. The van der Waals surface area contributed by atoms with E-state index >= 15 is 0 Å². The van der Waals surface area contributed by atoms with Gasteiger partial charge < -0.3 is 14.5 Å². The van der Waals surface area contributed by atoms with Crippen molar-refractivity contribution in [1.82, 2.24) is 25.0 Å². The lowest BCUT2D eigenvalue weighted by molar-refractivity contribution is -0.152. The van der Waals surface area contributed by atoms with Gasteiger partial charge in [0.15, 0.2) is 0 Å². The molecule has 1 spiro atoms. The van der Waals surface area contributed by atoms with Gasteiger partial charge in [0, 0.05) is 37.0 Å². The number of aryl methyl sites for hydroxylation is 1. The Morgan fingerprint density at radius 3 is 2.67 bits per heavy atom. The maximum Gasteiger partial charge on any atom is 0.326 e. The van der Waals surface area contributed by atoms with Gasteiger partial charge in [-0.1, -0.05) is 19.1 Å². The van der Waals surface area contributed by atoms with E-state index in [4.69, 9.17) is 9.72 Å². The van der Waals surface area contributed by atoms with Crippen LogP contribution in [0.25, 0.3) is 11.1 Å². The van der Waals surface area contributed by atoms with E-state index in [1.54, 1.807) is 24.1 Å². The van der Waals surface area contributed by atoms with E-state index in [0.29, 0.717) is 70.0 Å². The summed E-state index contributed by atoms with van der Waals surface area (Å²) >= 11 is 0. The number of benzene rings is 1. The number of ether oxygens (including phenoxy) is 1. The zero-order chi connectivity index (χ0) is 27.1. The molecule has 204 valence electrons. The summed E-state index contributed by atoms with van der Waals surface area (Å²) in [4.78, 5) is 37.4. The molecule has 0 unspecified atom stereocenters. The van der Waals surface area contributed by atoms with E-state index in [1.165, 1.54) is 6.07 Å². The monoisotopic (exact) mass is 532 g/mol. The Kier molecular flexibility index (Phi) is 6.58. The molecule has 0 saturated carbocycles. The van der Waals surface area contributed by atoms with Gasteiger partial charge in [0.05, 0.1) is 43.1 Å². The molecule has 0 atom stereocenters. The average Bonchev–Trinajstić information content (AvgIpc) is 3.54. The third kappa shape index (κ3) is 4.46. The molecular weight excluding hydrogens is 499 g/mol. The predicted molar refractivity (Wildman–Crippen MR) is 143 cm³/mol. The highest BCUT2D eigenvalue weighted by Gasteiger charge is 2.52. The average molecular weight is 533 g/mol. The third-order valence-corrected chi connectivity index (χ3v) is 8.57. The number of nitrogens with one attached hydrogen (secondary N) is 1. The van der Waals surface area contributed by atoms with Crippen molar-refractivity contribution in [3.63, 3.8) is 0 Å². The Morgan fingerprint density at radius 1 is 1.21 bits per heavy atom. The highest BCUT2D eigenvalue weighted by atomic mass is 19.1. The number of aromatic amines is 1. The number of amides is 3. The van der Waals surface area contributed by atoms with E-state index in [1.807, 2.05) is 41.1 Å². The molecular formula is C29H33FN6O3. The standard InChI is InChI=1S/C29H33FN6O3/c1-3-25-23(21-13-31-32-14-21)7-8-26(33-25)35-18-29(9-11-34(12-10-29)27(37)22-16-39-17-22)36(28(35)38)15-20-5-4-6-24(30)19(20)2/h4-8,13-14,22H,3,9-12,15-18H2,1-2H3,(H,31,32). The maximum absolute atomic E-state index is 14.4. The van der Waals surface area contributed by atoms with Crippen molar-refractivity contribution < 1.29 is 18.7 Å².